The predicted octanol–water partition coefficient (Wildman–Crippen LogP) is 1.03. The lowest BCUT2D eigenvalue weighted by atomic mass is 9.93. The number of aliphatic hydroxyl groups is 1. The average Bonchev–Trinajstić information content (AvgIpc) is 2.75. The van der Waals surface area contributed by atoms with Crippen molar-refractivity contribution < 1.29 is 14.6 Å². The van der Waals surface area contributed by atoms with Crippen LogP contribution in [-0.4, -0.2) is 48.3 Å². The molecule has 0 bridgehead atoms. The summed E-state index contributed by atoms with van der Waals surface area (Å²) in [6, 6.07) is 0. The molecule has 1 amide bonds. The van der Waals surface area contributed by atoms with Gasteiger partial charge in [-0.05, 0) is 38.5 Å². The van der Waals surface area contributed by atoms with Gasteiger partial charge in [0.1, 0.15) is 0 Å². The first-order valence-electron chi connectivity index (χ1n) is 6.73. The number of carbonyl (C=O) groups is 1. The fraction of sp³-hybridized carbons (Fsp3) is 0.923. The Labute approximate surface area is 103 Å². The van der Waals surface area contributed by atoms with Crippen LogP contribution in [0.5, 0.6) is 0 Å². The molecule has 17 heavy (non-hydrogen) atoms. The van der Waals surface area contributed by atoms with E-state index in [9.17, 15) is 4.79 Å². The number of piperidine rings is 1. The lowest BCUT2D eigenvalue weighted by molar-refractivity contribution is -0.139. The highest BCUT2D eigenvalue weighted by molar-refractivity contribution is 5.79. The fourth-order valence-corrected chi connectivity index (χ4v) is 2.97. The van der Waals surface area contributed by atoms with Gasteiger partial charge in [-0.15, -0.1) is 0 Å². The van der Waals surface area contributed by atoms with E-state index >= 15 is 0 Å². The van der Waals surface area contributed by atoms with Gasteiger partial charge in [-0.1, -0.05) is 0 Å². The number of aliphatic hydroxyl groups excluding tert-OH is 1. The van der Waals surface area contributed by atoms with Gasteiger partial charge >= 0.3 is 0 Å². The second-order valence-corrected chi connectivity index (χ2v) is 5.28. The molecule has 2 fully saturated rings. The van der Waals surface area contributed by atoms with E-state index in [0.717, 1.165) is 38.8 Å². The van der Waals surface area contributed by atoms with Crippen LogP contribution in [0.1, 0.15) is 32.6 Å². The number of carbonyl (C=O) groups excluding carboxylic acids is 1. The molecule has 2 rings (SSSR count). The zero-order chi connectivity index (χ0) is 12.3. The van der Waals surface area contributed by atoms with Crippen LogP contribution in [-0.2, 0) is 9.53 Å². The van der Waals surface area contributed by atoms with Gasteiger partial charge in [0.15, 0.2) is 0 Å². The minimum atomic E-state index is 0.0582. The summed E-state index contributed by atoms with van der Waals surface area (Å²) in [6.45, 7) is 4.64. The van der Waals surface area contributed by atoms with Crippen molar-refractivity contribution in [3.63, 3.8) is 0 Å². The number of amides is 1. The Morgan fingerprint density at radius 2 is 2.29 bits per heavy atom. The summed E-state index contributed by atoms with van der Waals surface area (Å²) in [5, 5.41) is 8.97. The molecule has 0 aliphatic carbocycles. The molecule has 0 aromatic rings. The lowest BCUT2D eigenvalue weighted by Gasteiger charge is -2.34. The molecule has 2 heterocycles. The van der Waals surface area contributed by atoms with E-state index in [0.29, 0.717) is 12.5 Å². The first kappa shape index (κ1) is 12.8. The van der Waals surface area contributed by atoms with E-state index < -0.39 is 0 Å². The zero-order valence-electron chi connectivity index (χ0n) is 10.6. The predicted molar refractivity (Wildman–Crippen MR) is 64.5 cm³/mol. The third-order valence-corrected chi connectivity index (χ3v) is 4.06. The van der Waals surface area contributed by atoms with Gasteiger partial charge in [0.2, 0.25) is 5.91 Å². The highest BCUT2D eigenvalue weighted by Gasteiger charge is 2.35. The summed E-state index contributed by atoms with van der Waals surface area (Å²) in [5.74, 6) is 0.802. The molecule has 2 aliphatic rings. The summed E-state index contributed by atoms with van der Waals surface area (Å²) < 4.78 is 5.46. The van der Waals surface area contributed by atoms with E-state index in [1.54, 1.807) is 0 Å². The molecule has 4 nitrogen and oxygen atoms in total. The lowest BCUT2D eigenvalue weighted by Crippen LogP contribution is -2.44. The number of hydrogen-bond donors (Lipinski definition) is 1. The van der Waals surface area contributed by atoms with Crippen LogP contribution in [0, 0.1) is 11.8 Å². The van der Waals surface area contributed by atoms with Crippen LogP contribution in [0.4, 0.5) is 0 Å². The Bertz CT molecular complexity index is 267. The van der Waals surface area contributed by atoms with Crippen LogP contribution in [0.3, 0.4) is 0 Å². The molecule has 3 atom stereocenters. The van der Waals surface area contributed by atoms with Gasteiger partial charge in [0.05, 0.1) is 12.0 Å². The molecular formula is C13H23NO3. The molecule has 2 saturated heterocycles. The molecule has 4 heteroatoms. The normalized spacial score (nSPS) is 34.0. The van der Waals surface area contributed by atoms with Crippen LogP contribution in [0.2, 0.25) is 0 Å². The maximum absolute atomic E-state index is 12.3. The average molecular weight is 241 g/mol. The van der Waals surface area contributed by atoms with Crippen molar-refractivity contribution in [2.75, 3.05) is 26.3 Å². The minimum absolute atomic E-state index is 0.0582. The maximum Gasteiger partial charge on any atom is 0.228 e. The Morgan fingerprint density at radius 1 is 1.47 bits per heavy atom. The fourth-order valence-electron chi connectivity index (χ4n) is 2.97. The van der Waals surface area contributed by atoms with E-state index in [2.05, 4.69) is 0 Å². The van der Waals surface area contributed by atoms with Gasteiger partial charge in [-0.2, -0.15) is 0 Å². The molecule has 0 radical (unpaired) electrons. The molecule has 1 N–H and O–H groups in total. The van der Waals surface area contributed by atoms with E-state index in [1.165, 1.54) is 0 Å². The third-order valence-electron chi connectivity index (χ3n) is 4.06. The number of hydrogen-bond acceptors (Lipinski definition) is 3. The van der Waals surface area contributed by atoms with Gasteiger partial charge in [-0.3, -0.25) is 4.79 Å². The van der Waals surface area contributed by atoms with Crippen LogP contribution < -0.4 is 0 Å². The Morgan fingerprint density at radius 3 is 2.94 bits per heavy atom. The second kappa shape index (κ2) is 5.83. The van der Waals surface area contributed by atoms with Crippen molar-refractivity contribution >= 4 is 5.91 Å². The van der Waals surface area contributed by atoms with Crippen molar-refractivity contribution in [3.05, 3.63) is 0 Å². The van der Waals surface area contributed by atoms with Crippen molar-refractivity contribution in [2.45, 2.75) is 38.7 Å². The van der Waals surface area contributed by atoms with E-state index in [-0.39, 0.29) is 24.5 Å². The Balaban J connectivity index is 1.90. The smallest absolute Gasteiger partial charge is 0.228 e. The van der Waals surface area contributed by atoms with Crippen LogP contribution in [0.25, 0.3) is 0 Å². The molecule has 0 aromatic carbocycles. The SMILES string of the molecule is CC1OCCC1C(=O)N1CCCC(CCO)C1. The highest BCUT2D eigenvalue weighted by Crippen LogP contribution is 2.26. The standard InChI is InChI=1S/C13H23NO3/c1-10-12(5-8-17-10)13(16)14-6-2-3-11(9-14)4-7-15/h10-12,15H,2-9H2,1H3. The zero-order valence-corrected chi connectivity index (χ0v) is 10.6. The molecule has 0 spiro atoms. The van der Waals surface area contributed by atoms with Gasteiger partial charge in [-0.25, -0.2) is 0 Å². The van der Waals surface area contributed by atoms with Crippen LogP contribution in [0.15, 0.2) is 0 Å². The molecular weight excluding hydrogens is 218 g/mol. The largest absolute Gasteiger partial charge is 0.396 e. The Hall–Kier alpha value is -0.610. The van der Waals surface area contributed by atoms with Crippen molar-refractivity contribution in [3.8, 4) is 0 Å². The first-order valence-corrected chi connectivity index (χ1v) is 6.73. The van der Waals surface area contributed by atoms with Crippen molar-refractivity contribution in [2.24, 2.45) is 11.8 Å². The molecule has 3 unspecified atom stereocenters. The summed E-state index contributed by atoms with van der Waals surface area (Å²) in [5.41, 5.74) is 0. The third kappa shape index (κ3) is 2.99. The van der Waals surface area contributed by atoms with E-state index in [4.69, 9.17) is 9.84 Å². The number of nitrogens with zero attached hydrogens (tertiary/aromatic N) is 1. The molecule has 98 valence electrons. The minimum Gasteiger partial charge on any atom is -0.396 e. The molecule has 0 saturated carbocycles. The monoisotopic (exact) mass is 241 g/mol. The quantitative estimate of drug-likeness (QED) is 0.803. The highest BCUT2D eigenvalue weighted by atomic mass is 16.5. The summed E-state index contributed by atoms with van der Waals surface area (Å²) in [4.78, 5) is 14.3. The summed E-state index contributed by atoms with van der Waals surface area (Å²) >= 11 is 0. The van der Waals surface area contributed by atoms with E-state index in [1.807, 2.05) is 11.8 Å². The van der Waals surface area contributed by atoms with Crippen LogP contribution >= 0.6 is 0 Å². The molecule has 0 aromatic heterocycles. The van der Waals surface area contributed by atoms with Gasteiger partial charge in [0.25, 0.3) is 0 Å². The topological polar surface area (TPSA) is 49.8 Å². The summed E-state index contributed by atoms with van der Waals surface area (Å²) in [6.07, 6.45) is 3.96. The van der Waals surface area contributed by atoms with Gasteiger partial charge in [0, 0.05) is 26.3 Å². The summed E-state index contributed by atoms with van der Waals surface area (Å²) in [7, 11) is 0. The number of likely N-dealkylation sites (tertiary alicyclic amines) is 1. The Kier molecular flexibility index (Phi) is 4.40. The first-order chi connectivity index (χ1) is 8.22. The number of rotatable bonds is 3. The second-order valence-electron chi connectivity index (χ2n) is 5.28. The number of ether oxygens (including phenoxy) is 1. The van der Waals surface area contributed by atoms with Crippen molar-refractivity contribution in [1.29, 1.82) is 0 Å². The van der Waals surface area contributed by atoms with Crippen molar-refractivity contribution in [1.82, 2.24) is 4.90 Å². The maximum atomic E-state index is 12.3. The van der Waals surface area contributed by atoms with Gasteiger partial charge < -0.3 is 14.7 Å². The molecule has 2 aliphatic heterocycles.